The minimum atomic E-state index is -4.77. The second kappa shape index (κ2) is 12.8. The molecule has 1 aliphatic rings. The van der Waals surface area contributed by atoms with Gasteiger partial charge in [-0.25, -0.2) is 8.42 Å². The Morgan fingerprint density at radius 3 is 2.33 bits per heavy atom. The number of carbonyl (C=O) groups is 2. The Hall–Kier alpha value is -2.50. The van der Waals surface area contributed by atoms with Crippen LogP contribution in [-0.4, -0.2) is 50.0 Å². The molecule has 214 valence electrons. The highest BCUT2D eigenvalue weighted by Crippen LogP contribution is 2.36. The van der Waals surface area contributed by atoms with Gasteiger partial charge in [0.25, 0.3) is 0 Å². The summed E-state index contributed by atoms with van der Waals surface area (Å²) in [5.41, 5.74) is -1.04. The zero-order valence-corrected chi connectivity index (χ0v) is 23.8. The first-order valence-electron chi connectivity index (χ1n) is 12.4. The van der Waals surface area contributed by atoms with E-state index in [0.717, 1.165) is 50.5 Å². The minimum Gasteiger partial charge on any atom is -0.352 e. The van der Waals surface area contributed by atoms with Gasteiger partial charge in [-0.2, -0.15) is 13.2 Å². The highest BCUT2D eigenvalue weighted by atomic mass is 35.5. The molecule has 1 N–H and O–H groups in total. The van der Waals surface area contributed by atoms with Crippen LogP contribution in [-0.2, 0) is 32.3 Å². The fourth-order valence-corrected chi connectivity index (χ4v) is 5.79. The quantitative estimate of drug-likeness (QED) is 0.399. The van der Waals surface area contributed by atoms with E-state index in [0.29, 0.717) is 21.0 Å². The van der Waals surface area contributed by atoms with E-state index >= 15 is 0 Å². The van der Waals surface area contributed by atoms with Gasteiger partial charge in [0.15, 0.2) is 0 Å². The van der Waals surface area contributed by atoms with E-state index in [4.69, 9.17) is 23.2 Å². The van der Waals surface area contributed by atoms with Crippen LogP contribution in [0.3, 0.4) is 0 Å². The van der Waals surface area contributed by atoms with Gasteiger partial charge in [0.05, 0.1) is 22.5 Å². The number of carbonyl (C=O) groups excluding carboxylic acids is 2. The summed E-state index contributed by atoms with van der Waals surface area (Å²) in [7, 11) is -4.27. The summed E-state index contributed by atoms with van der Waals surface area (Å²) in [4.78, 5) is 28.0. The van der Waals surface area contributed by atoms with Crippen LogP contribution in [0.1, 0.15) is 50.2 Å². The Kier molecular flexibility index (Phi) is 10.2. The first kappa shape index (κ1) is 31.0. The Morgan fingerprint density at radius 2 is 1.74 bits per heavy atom. The smallest absolute Gasteiger partial charge is 0.352 e. The molecule has 13 heteroatoms. The lowest BCUT2D eigenvalue weighted by Crippen LogP contribution is -2.53. The molecule has 0 heterocycles. The van der Waals surface area contributed by atoms with E-state index in [1.54, 1.807) is 24.3 Å². The van der Waals surface area contributed by atoms with Crippen LogP contribution in [0.5, 0.6) is 0 Å². The molecule has 2 aromatic rings. The van der Waals surface area contributed by atoms with Gasteiger partial charge in [-0.15, -0.1) is 0 Å². The number of amides is 2. The summed E-state index contributed by atoms with van der Waals surface area (Å²) in [5, 5.41) is 3.07. The lowest BCUT2D eigenvalue weighted by atomic mass is 9.95. The molecule has 0 radical (unpaired) electrons. The molecular weight excluding hydrogens is 578 g/mol. The van der Waals surface area contributed by atoms with Gasteiger partial charge in [0.1, 0.15) is 12.6 Å². The summed E-state index contributed by atoms with van der Waals surface area (Å²) in [6.07, 6.45) is 0.666. The van der Waals surface area contributed by atoms with Gasteiger partial charge in [0.2, 0.25) is 21.8 Å². The molecular formula is C26H30Cl2F3N3O4S. The van der Waals surface area contributed by atoms with Crippen LogP contribution in [0.25, 0.3) is 0 Å². The number of hydrogen-bond donors (Lipinski definition) is 1. The fourth-order valence-electron chi connectivity index (χ4n) is 4.46. The van der Waals surface area contributed by atoms with Crippen molar-refractivity contribution in [2.24, 2.45) is 0 Å². The number of rotatable bonds is 9. The van der Waals surface area contributed by atoms with E-state index < -0.39 is 51.9 Å². The second-order valence-corrected chi connectivity index (χ2v) is 12.4. The van der Waals surface area contributed by atoms with Crippen LogP contribution in [0.4, 0.5) is 18.9 Å². The molecule has 1 aliphatic carbocycles. The summed E-state index contributed by atoms with van der Waals surface area (Å²) < 4.78 is 66.0. The zero-order valence-electron chi connectivity index (χ0n) is 21.5. The van der Waals surface area contributed by atoms with Gasteiger partial charge in [-0.05, 0) is 55.7 Å². The molecule has 39 heavy (non-hydrogen) atoms. The third-order valence-electron chi connectivity index (χ3n) is 6.58. The van der Waals surface area contributed by atoms with Crippen molar-refractivity contribution >= 4 is 50.7 Å². The van der Waals surface area contributed by atoms with E-state index in [9.17, 15) is 31.2 Å². The first-order valence-corrected chi connectivity index (χ1v) is 15.0. The predicted molar refractivity (Wildman–Crippen MR) is 145 cm³/mol. The third-order valence-corrected chi connectivity index (χ3v) is 8.26. The minimum absolute atomic E-state index is 0.0340. The maximum Gasteiger partial charge on any atom is 0.416 e. The average molecular weight is 609 g/mol. The maximum atomic E-state index is 13.6. The molecule has 0 spiro atoms. The monoisotopic (exact) mass is 607 g/mol. The molecule has 1 fully saturated rings. The topological polar surface area (TPSA) is 86.8 Å². The van der Waals surface area contributed by atoms with Gasteiger partial charge < -0.3 is 10.2 Å². The zero-order chi connectivity index (χ0) is 29.0. The molecule has 0 bridgehead atoms. The number of halogens is 5. The normalized spacial score (nSPS) is 15.5. The summed E-state index contributed by atoms with van der Waals surface area (Å²) >= 11 is 12.2. The molecule has 0 unspecified atom stereocenters. The molecule has 0 saturated heterocycles. The van der Waals surface area contributed by atoms with E-state index in [1.807, 2.05) is 0 Å². The van der Waals surface area contributed by atoms with Crippen molar-refractivity contribution in [1.29, 1.82) is 0 Å². The van der Waals surface area contributed by atoms with Gasteiger partial charge >= 0.3 is 6.18 Å². The van der Waals surface area contributed by atoms with Crippen LogP contribution in [0.15, 0.2) is 42.5 Å². The van der Waals surface area contributed by atoms with Crippen molar-refractivity contribution in [3.05, 3.63) is 63.6 Å². The number of sulfonamides is 1. The van der Waals surface area contributed by atoms with Crippen molar-refractivity contribution in [3.63, 3.8) is 0 Å². The van der Waals surface area contributed by atoms with Gasteiger partial charge in [-0.3, -0.25) is 13.9 Å². The number of alkyl halides is 3. The standard InChI is InChI=1S/C26H30Cl2F3N3O4S/c1-17(25(36)32-21-9-4-3-5-10-21)33(15-18-7-6-8-20(27)13-18)24(35)16-34(39(2,37)38)23-14-19(26(29,30)31)11-12-22(23)28/h6-8,11-14,17,21H,3-5,9-10,15-16H2,1-2H3,(H,32,36)/t17-/m1/s1. The number of nitrogens with zero attached hydrogens (tertiary/aromatic N) is 2. The van der Waals surface area contributed by atoms with E-state index in [2.05, 4.69) is 5.32 Å². The number of nitrogens with one attached hydrogen (secondary N) is 1. The molecule has 0 aliphatic heterocycles. The lowest BCUT2D eigenvalue weighted by molar-refractivity contribution is -0.139. The van der Waals surface area contributed by atoms with Crippen LogP contribution in [0.2, 0.25) is 10.0 Å². The first-order chi connectivity index (χ1) is 18.2. The summed E-state index contributed by atoms with van der Waals surface area (Å²) in [6, 6.07) is 7.77. The summed E-state index contributed by atoms with van der Waals surface area (Å²) in [5.74, 6) is -1.22. The largest absolute Gasteiger partial charge is 0.416 e. The number of hydrogen-bond acceptors (Lipinski definition) is 4. The van der Waals surface area contributed by atoms with Gasteiger partial charge in [0, 0.05) is 17.6 Å². The van der Waals surface area contributed by atoms with Gasteiger partial charge in [-0.1, -0.05) is 54.6 Å². The molecule has 1 atom stereocenters. The predicted octanol–water partition coefficient (Wildman–Crippen LogP) is 5.64. The average Bonchev–Trinajstić information content (AvgIpc) is 2.85. The fraction of sp³-hybridized carbons (Fsp3) is 0.462. The molecule has 1 saturated carbocycles. The Bertz CT molecular complexity index is 1300. The van der Waals surface area contributed by atoms with E-state index in [-0.39, 0.29) is 17.6 Å². The second-order valence-electron chi connectivity index (χ2n) is 9.60. The van der Waals surface area contributed by atoms with Crippen LogP contribution in [0, 0.1) is 0 Å². The van der Waals surface area contributed by atoms with E-state index in [1.165, 1.54) is 11.8 Å². The number of anilines is 1. The van der Waals surface area contributed by atoms with Crippen LogP contribution < -0.4 is 9.62 Å². The Morgan fingerprint density at radius 1 is 1.08 bits per heavy atom. The Labute approximate surface area is 236 Å². The highest BCUT2D eigenvalue weighted by molar-refractivity contribution is 7.92. The molecule has 2 amide bonds. The van der Waals surface area contributed by atoms with Crippen molar-refractivity contribution in [3.8, 4) is 0 Å². The van der Waals surface area contributed by atoms with Crippen molar-refractivity contribution in [2.45, 2.75) is 63.8 Å². The van der Waals surface area contributed by atoms with Crippen molar-refractivity contribution < 1.29 is 31.2 Å². The molecule has 2 aromatic carbocycles. The van der Waals surface area contributed by atoms with Crippen LogP contribution >= 0.6 is 23.2 Å². The SMILES string of the molecule is C[C@H](C(=O)NC1CCCCC1)N(Cc1cccc(Cl)c1)C(=O)CN(c1cc(C(F)(F)F)ccc1Cl)S(C)(=O)=O. The maximum absolute atomic E-state index is 13.6. The lowest BCUT2D eigenvalue weighted by Gasteiger charge is -2.33. The molecule has 0 aromatic heterocycles. The highest BCUT2D eigenvalue weighted by Gasteiger charge is 2.35. The molecule has 7 nitrogen and oxygen atoms in total. The van der Waals surface area contributed by atoms with Crippen molar-refractivity contribution in [1.82, 2.24) is 10.2 Å². The summed E-state index contributed by atoms with van der Waals surface area (Å²) in [6.45, 7) is 0.552. The molecule has 3 rings (SSSR count). The van der Waals surface area contributed by atoms with Crippen molar-refractivity contribution in [2.75, 3.05) is 17.1 Å². The third kappa shape index (κ3) is 8.49. The Balaban J connectivity index is 1.95. The number of benzene rings is 2.